The second-order valence-electron chi connectivity index (χ2n) is 2.67. The smallest absolute Gasteiger partial charge is 0.252 e. The average Bonchev–Trinajstić information content (AvgIpc) is 2.09. The molecule has 1 rings (SSSR count). The van der Waals surface area contributed by atoms with E-state index in [-0.39, 0.29) is 5.56 Å². The topological polar surface area (TPSA) is 78.3 Å². The van der Waals surface area contributed by atoms with E-state index < -0.39 is 5.91 Å². The van der Waals surface area contributed by atoms with E-state index in [0.717, 1.165) is 0 Å². The molecule has 0 saturated heterocycles. The Morgan fingerprint density at radius 3 is 2.71 bits per heavy atom. The zero-order valence-corrected chi connectivity index (χ0v) is 8.47. The van der Waals surface area contributed by atoms with Crippen molar-refractivity contribution < 1.29 is 9.53 Å². The summed E-state index contributed by atoms with van der Waals surface area (Å²) < 4.78 is 5.20. The van der Waals surface area contributed by atoms with Crippen molar-refractivity contribution in [3.63, 3.8) is 0 Å². The van der Waals surface area contributed by atoms with E-state index in [1.54, 1.807) is 6.92 Å². The lowest BCUT2D eigenvalue weighted by Gasteiger charge is -2.10. The van der Waals surface area contributed by atoms with E-state index in [1.165, 1.54) is 12.1 Å². The van der Waals surface area contributed by atoms with Crippen molar-refractivity contribution in [2.24, 2.45) is 5.73 Å². The first-order chi connectivity index (χ1) is 6.56. The molecule has 0 heterocycles. The third kappa shape index (κ3) is 2.09. The highest BCUT2D eigenvalue weighted by atomic mass is 35.5. The Balaban J connectivity index is 3.28. The third-order valence-electron chi connectivity index (χ3n) is 1.64. The molecule has 1 aromatic carbocycles. The molecule has 0 bridgehead atoms. The maximum Gasteiger partial charge on any atom is 0.252 e. The Hall–Kier alpha value is -1.42. The minimum Gasteiger partial charge on any atom is -0.491 e. The van der Waals surface area contributed by atoms with E-state index in [0.29, 0.717) is 23.1 Å². The Kier molecular flexibility index (Phi) is 3.19. The van der Waals surface area contributed by atoms with Crippen molar-refractivity contribution in [2.45, 2.75) is 6.92 Å². The fraction of sp³-hybridized carbons (Fsp3) is 0.222. The van der Waals surface area contributed by atoms with Crippen LogP contribution in [0.2, 0.25) is 5.02 Å². The summed E-state index contributed by atoms with van der Waals surface area (Å²) in [6.07, 6.45) is 0. The van der Waals surface area contributed by atoms with Gasteiger partial charge in [-0.15, -0.1) is 0 Å². The number of hydrogen-bond donors (Lipinski definition) is 2. The van der Waals surface area contributed by atoms with Crippen LogP contribution in [0, 0.1) is 0 Å². The van der Waals surface area contributed by atoms with Gasteiger partial charge in [-0.3, -0.25) is 4.79 Å². The van der Waals surface area contributed by atoms with Gasteiger partial charge in [0.05, 0.1) is 17.9 Å². The minimum atomic E-state index is -0.609. The van der Waals surface area contributed by atoms with Crippen LogP contribution >= 0.6 is 11.6 Å². The Morgan fingerprint density at radius 2 is 2.21 bits per heavy atom. The van der Waals surface area contributed by atoms with Crippen LogP contribution in [0.3, 0.4) is 0 Å². The monoisotopic (exact) mass is 214 g/mol. The molecule has 0 aromatic heterocycles. The van der Waals surface area contributed by atoms with Gasteiger partial charge in [0, 0.05) is 5.02 Å². The first-order valence-electron chi connectivity index (χ1n) is 4.08. The number of primary amides is 1. The number of nitrogens with two attached hydrogens (primary N) is 2. The fourth-order valence-corrected chi connectivity index (χ4v) is 1.33. The number of halogens is 1. The second-order valence-corrected chi connectivity index (χ2v) is 3.11. The number of carbonyl (C=O) groups is 1. The van der Waals surface area contributed by atoms with Crippen LogP contribution in [0.5, 0.6) is 5.75 Å². The van der Waals surface area contributed by atoms with Crippen molar-refractivity contribution >= 4 is 23.2 Å². The van der Waals surface area contributed by atoms with E-state index >= 15 is 0 Å². The van der Waals surface area contributed by atoms with Crippen LogP contribution in [-0.2, 0) is 0 Å². The van der Waals surface area contributed by atoms with Gasteiger partial charge in [0.25, 0.3) is 5.91 Å². The lowest BCUT2D eigenvalue weighted by Crippen LogP contribution is -2.14. The molecule has 0 radical (unpaired) electrons. The zero-order valence-electron chi connectivity index (χ0n) is 7.71. The number of carbonyl (C=O) groups excluding carboxylic acids is 1. The molecule has 14 heavy (non-hydrogen) atoms. The molecule has 76 valence electrons. The zero-order chi connectivity index (χ0) is 10.7. The summed E-state index contributed by atoms with van der Waals surface area (Å²) in [6, 6.07) is 2.95. The van der Waals surface area contributed by atoms with Crippen molar-refractivity contribution in [2.75, 3.05) is 12.3 Å². The first-order valence-corrected chi connectivity index (χ1v) is 4.45. The molecule has 0 fully saturated rings. The second kappa shape index (κ2) is 4.19. The summed E-state index contributed by atoms with van der Waals surface area (Å²) in [5.41, 5.74) is 11.3. The van der Waals surface area contributed by atoms with Crippen molar-refractivity contribution in [3.8, 4) is 5.75 Å². The van der Waals surface area contributed by atoms with E-state index in [9.17, 15) is 4.79 Å². The van der Waals surface area contributed by atoms with Crippen molar-refractivity contribution in [3.05, 3.63) is 22.7 Å². The quantitative estimate of drug-likeness (QED) is 0.747. The lowest BCUT2D eigenvalue weighted by atomic mass is 10.1. The van der Waals surface area contributed by atoms with Crippen LogP contribution in [0.15, 0.2) is 12.1 Å². The Labute approximate surface area is 86.8 Å². The SMILES string of the molecule is CCOc1c(N)cc(Cl)cc1C(N)=O. The van der Waals surface area contributed by atoms with E-state index in [1.807, 2.05) is 0 Å². The standard InChI is InChI=1S/C9H11ClN2O2/c1-2-14-8-6(9(12)13)3-5(10)4-7(8)11/h3-4H,2,11H2,1H3,(H2,12,13). The number of benzene rings is 1. The van der Waals surface area contributed by atoms with Crippen molar-refractivity contribution in [1.82, 2.24) is 0 Å². The Bertz CT molecular complexity index is 366. The molecule has 0 aliphatic heterocycles. The molecule has 0 spiro atoms. The Morgan fingerprint density at radius 1 is 1.57 bits per heavy atom. The van der Waals surface area contributed by atoms with Gasteiger partial charge in [-0.1, -0.05) is 11.6 Å². The molecule has 5 heteroatoms. The van der Waals surface area contributed by atoms with Gasteiger partial charge in [-0.25, -0.2) is 0 Å². The molecule has 4 N–H and O–H groups in total. The van der Waals surface area contributed by atoms with Gasteiger partial charge >= 0.3 is 0 Å². The van der Waals surface area contributed by atoms with Gasteiger partial charge in [0.2, 0.25) is 0 Å². The van der Waals surface area contributed by atoms with Crippen LogP contribution in [0.1, 0.15) is 17.3 Å². The van der Waals surface area contributed by atoms with Crippen molar-refractivity contribution in [1.29, 1.82) is 0 Å². The summed E-state index contributed by atoms with van der Waals surface area (Å²) >= 11 is 5.72. The molecule has 0 aliphatic rings. The lowest BCUT2D eigenvalue weighted by molar-refractivity contribution is 0.0997. The van der Waals surface area contributed by atoms with Crippen LogP contribution in [0.4, 0.5) is 5.69 Å². The fourth-order valence-electron chi connectivity index (χ4n) is 1.10. The number of ether oxygens (including phenoxy) is 1. The summed E-state index contributed by atoms with van der Waals surface area (Å²) in [5, 5.41) is 0.361. The third-order valence-corrected chi connectivity index (χ3v) is 1.85. The van der Waals surface area contributed by atoms with Gasteiger partial charge < -0.3 is 16.2 Å². The predicted molar refractivity (Wildman–Crippen MR) is 55.6 cm³/mol. The van der Waals surface area contributed by atoms with Gasteiger partial charge in [0.1, 0.15) is 0 Å². The number of amides is 1. The summed E-state index contributed by atoms with van der Waals surface area (Å²) in [4.78, 5) is 11.0. The number of rotatable bonds is 3. The molecule has 0 unspecified atom stereocenters. The minimum absolute atomic E-state index is 0.205. The largest absolute Gasteiger partial charge is 0.491 e. The summed E-state index contributed by atoms with van der Waals surface area (Å²) in [5.74, 6) is -0.313. The molecule has 1 aromatic rings. The normalized spacial score (nSPS) is 9.86. The highest BCUT2D eigenvalue weighted by molar-refractivity contribution is 6.31. The highest BCUT2D eigenvalue weighted by Gasteiger charge is 2.13. The van der Waals surface area contributed by atoms with E-state index in [4.69, 9.17) is 27.8 Å². The van der Waals surface area contributed by atoms with Gasteiger partial charge in [-0.05, 0) is 19.1 Å². The molecular formula is C9H11ClN2O2. The summed E-state index contributed by atoms with van der Waals surface area (Å²) in [6.45, 7) is 2.20. The van der Waals surface area contributed by atoms with Crippen LogP contribution in [0.25, 0.3) is 0 Å². The predicted octanol–water partition coefficient (Wildman–Crippen LogP) is 1.42. The molecule has 0 aliphatic carbocycles. The highest BCUT2D eigenvalue weighted by Crippen LogP contribution is 2.30. The molecule has 0 saturated carbocycles. The number of nitrogen functional groups attached to an aromatic ring is 1. The molecule has 4 nitrogen and oxygen atoms in total. The van der Waals surface area contributed by atoms with Gasteiger partial charge in [0.15, 0.2) is 5.75 Å². The maximum atomic E-state index is 11.0. The number of anilines is 1. The summed E-state index contributed by atoms with van der Waals surface area (Å²) in [7, 11) is 0. The first kappa shape index (κ1) is 10.7. The molecular weight excluding hydrogens is 204 g/mol. The van der Waals surface area contributed by atoms with Crippen LogP contribution in [-0.4, -0.2) is 12.5 Å². The van der Waals surface area contributed by atoms with E-state index in [2.05, 4.69) is 0 Å². The number of hydrogen-bond acceptors (Lipinski definition) is 3. The average molecular weight is 215 g/mol. The van der Waals surface area contributed by atoms with Gasteiger partial charge in [-0.2, -0.15) is 0 Å². The molecule has 0 atom stereocenters. The maximum absolute atomic E-state index is 11.0. The van der Waals surface area contributed by atoms with Crippen LogP contribution < -0.4 is 16.2 Å². The molecule has 1 amide bonds.